The molecule has 1 N–H and O–H groups in total. The van der Waals surface area contributed by atoms with E-state index in [-0.39, 0.29) is 12.5 Å². The van der Waals surface area contributed by atoms with E-state index in [4.69, 9.17) is 9.47 Å². The van der Waals surface area contributed by atoms with Gasteiger partial charge in [-0.05, 0) is 12.1 Å². The predicted molar refractivity (Wildman–Crippen MR) is 71.3 cm³/mol. The second-order valence-corrected chi connectivity index (χ2v) is 4.12. The minimum absolute atomic E-state index is 0.0645. The molecule has 0 unspecified atom stereocenters. The molecule has 0 atom stereocenters. The number of carbonyl (C=O) groups excluding carboxylic acids is 1. The van der Waals surface area contributed by atoms with Gasteiger partial charge >= 0.3 is 0 Å². The fourth-order valence-electron chi connectivity index (χ4n) is 1.61. The van der Waals surface area contributed by atoms with Crippen molar-refractivity contribution in [2.24, 2.45) is 0 Å². The number of hydrogen-bond donors (Lipinski definition) is 1. The normalized spacial score (nSPS) is 10.1. The van der Waals surface area contributed by atoms with Crippen LogP contribution in [0.1, 0.15) is 5.82 Å². The Morgan fingerprint density at radius 2 is 2.10 bits per heavy atom. The molecule has 1 amide bonds. The van der Waals surface area contributed by atoms with Crippen LogP contribution < -0.4 is 9.47 Å². The lowest BCUT2D eigenvalue weighted by Gasteiger charge is -2.16. The van der Waals surface area contributed by atoms with Gasteiger partial charge in [-0.2, -0.15) is 5.10 Å². The molecule has 2 rings (SSSR count). The summed E-state index contributed by atoms with van der Waals surface area (Å²) in [5.74, 6) is 1.60. The molecule has 0 radical (unpaired) electrons. The number of ether oxygens (including phenoxy) is 2. The monoisotopic (exact) mass is 276 g/mol. The molecule has 20 heavy (non-hydrogen) atoms. The van der Waals surface area contributed by atoms with Crippen LogP contribution in [-0.2, 0) is 11.3 Å². The third kappa shape index (κ3) is 3.47. The molecule has 7 nitrogen and oxygen atoms in total. The van der Waals surface area contributed by atoms with Crippen molar-refractivity contribution >= 4 is 5.91 Å². The molecular weight excluding hydrogens is 260 g/mol. The number of amides is 1. The Balaban J connectivity index is 1.88. The van der Waals surface area contributed by atoms with Gasteiger partial charge in [-0.15, -0.1) is 0 Å². The summed E-state index contributed by atoms with van der Waals surface area (Å²) < 4.78 is 10.6. The van der Waals surface area contributed by atoms with Gasteiger partial charge in [0.1, 0.15) is 12.2 Å². The second kappa shape index (κ2) is 6.55. The first-order chi connectivity index (χ1) is 9.70. The lowest BCUT2D eigenvalue weighted by molar-refractivity contribution is -0.132. The summed E-state index contributed by atoms with van der Waals surface area (Å²) in [6.07, 6.45) is 1.40. The van der Waals surface area contributed by atoms with Crippen molar-refractivity contribution in [3.8, 4) is 11.5 Å². The summed E-state index contributed by atoms with van der Waals surface area (Å²) in [5.41, 5.74) is 0. The molecule has 1 aromatic carbocycles. The van der Waals surface area contributed by atoms with Crippen LogP contribution in [0.2, 0.25) is 0 Å². The average Bonchev–Trinajstić information content (AvgIpc) is 2.97. The number of benzene rings is 1. The highest BCUT2D eigenvalue weighted by Crippen LogP contribution is 2.25. The van der Waals surface area contributed by atoms with Crippen molar-refractivity contribution in [1.29, 1.82) is 0 Å². The quantitative estimate of drug-likeness (QED) is 0.846. The van der Waals surface area contributed by atoms with E-state index in [2.05, 4.69) is 15.2 Å². The van der Waals surface area contributed by atoms with Gasteiger partial charge in [0.2, 0.25) is 0 Å². The molecule has 106 valence electrons. The molecular formula is C13H16N4O3. The third-order valence-electron chi connectivity index (χ3n) is 2.70. The summed E-state index contributed by atoms with van der Waals surface area (Å²) in [6.45, 7) is 0.291. The van der Waals surface area contributed by atoms with Crippen LogP contribution in [0.5, 0.6) is 11.5 Å². The Bertz CT molecular complexity index is 557. The summed E-state index contributed by atoms with van der Waals surface area (Å²) in [4.78, 5) is 17.4. The number of aromatic nitrogens is 3. The molecule has 0 saturated heterocycles. The van der Waals surface area contributed by atoms with Crippen molar-refractivity contribution < 1.29 is 14.3 Å². The van der Waals surface area contributed by atoms with Gasteiger partial charge in [0.05, 0.1) is 13.7 Å². The van der Waals surface area contributed by atoms with Crippen molar-refractivity contribution in [2.75, 3.05) is 20.8 Å². The first-order valence-corrected chi connectivity index (χ1v) is 6.04. The maximum absolute atomic E-state index is 11.9. The molecule has 0 spiro atoms. The summed E-state index contributed by atoms with van der Waals surface area (Å²) in [7, 11) is 3.23. The molecule has 2 aromatic rings. The van der Waals surface area contributed by atoms with Gasteiger partial charge in [0.15, 0.2) is 18.1 Å². The Morgan fingerprint density at radius 1 is 1.35 bits per heavy atom. The fourth-order valence-corrected chi connectivity index (χ4v) is 1.61. The largest absolute Gasteiger partial charge is 0.493 e. The van der Waals surface area contributed by atoms with Crippen molar-refractivity contribution in [3.05, 3.63) is 36.4 Å². The van der Waals surface area contributed by atoms with Gasteiger partial charge in [0, 0.05) is 7.05 Å². The van der Waals surface area contributed by atoms with Crippen LogP contribution in [0.25, 0.3) is 0 Å². The summed E-state index contributed by atoms with van der Waals surface area (Å²) >= 11 is 0. The third-order valence-corrected chi connectivity index (χ3v) is 2.70. The number of para-hydroxylation sites is 2. The number of H-pyrrole nitrogens is 1. The maximum Gasteiger partial charge on any atom is 0.260 e. The molecule has 7 heteroatoms. The molecule has 0 fully saturated rings. The molecule has 1 aromatic heterocycles. The van der Waals surface area contributed by atoms with Crippen LogP contribution in [0.4, 0.5) is 0 Å². The van der Waals surface area contributed by atoms with E-state index in [1.54, 1.807) is 26.3 Å². The summed E-state index contributed by atoms with van der Waals surface area (Å²) in [6, 6.07) is 7.19. The number of rotatable bonds is 6. The minimum Gasteiger partial charge on any atom is -0.493 e. The minimum atomic E-state index is -0.160. The van der Waals surface area contributed by atoms with Gasteiger partial charge in [0.25, 0.3) is 5.91 Å². The molecule has 0 aliphatic carbocycles. The highest BCUT2D eigenvalue weighted by molar-refractivity contribution is 5.77. The Morgan fingerprint density at radius 3 is 2.75 bits per heavy atom. The second-order valence-electron chi connectivity index (χ2n) is 4.12. The summed E-state index contributed by atoms with van der Waals surface area (Å²) in [5, 5.41) is 6.43. The van der Waals surface area contributed by atoms with E-state index in [1.165, 1.54) is 11.2 Å². The highest BCUT2D eigenvalue weighted by Gasteiger charge is 2.12. The predicted octanol–water partition coefficient (Wildman–Crippen LogP) is 0.851. The van der Waals surface area contributed by atoms with Crippen LogP contribution in [0, 0.1) is 0 Å². The van der Waals surface area contributed by atoms with Gasteiger partial charge in [-0.25, -0.2) is 4.98 Å². The first kappa shape index (κ1) is 13.9. The maximum atomic E-state index is 11.9. The molecule has 0 bridgehead atoms. The van der Waals surface area contributed by atoms with Gasteiger partial charge in [-0.1, -0.05) is 12.1 Å². The smallest absolute Gasteiger partial charge is 0.260 e. The number of aromatic amines is 1. The highest BCUT2D eigenvalue weighted by atomic mass is 16.5. The Hall–Kier alpha value is -2.57. The topological polar surface area (TPSA) is 80.3 Å². The van der Waals surface area contributed by atoms with E-state index < -0.39 is 0 Å². The Labute approximate surface area is 116 Å². The van der Waals surface area contributed by atoms with Crippen molar-refractivity contribution in [1.82, 2.24) is 20.1 Å². The van der Waals surface area contributed by atoms with Crippen LogP contribution in [-0.4, -0.2) is 46.8 Å². The van der Waals surface area contributed by atoms with Crippen LogP contribution in [0.15, 0.2) is 30.6 Å². The van der Waals surface area contributed by atoms with Gasteiger partial charge in [-0.3, -0.25) is 9.89 Å². The molecule has 0 saturated carbocycles. The molecule has 0 aliphatic heterocycles. The standard InChI is InChI=1S/C13H16N4O3/c1-17(7-12-14-9-15-16-12)13(18)8-20-11-6-4-3-5-10(11)19-2/h3-6,9H,7-8H2,1-2H3,(H,14,15,16). The number of carbonyl (C=O) groups is 1. The average molecular weight is 276 g/mol. The number of nitrogens with one attached hydrogen (secondary N) is 1. The van der Waals surface area contributed by atoms with E-state index in [0.717, 1.165) is 0 Å². The number of methoxy groups -OCH3 is 1. The SMILES string of the molecule is COc1ccccc1OCC(=O)N(C)Cc1ncn[nH]1. The fraction of sp³-hybridized carbons (Fsp3) is 0.308. The van der Waals surface area contributed by atoms with Gasteiger partial charge < -0.3 is 14.4 Å². The zero-order valence-electron chi connectivity index (χ0n) is 11.4. The molecule has 1 heterocycles. The lowest BCUT2D eigenvalue weighted by Crippen LogP contribution is -2.31. The number of likely N-dealkylation sites (N-methyl/N-ethyl adjacent to an activating group) is 1. The zero-order chi connectivity index (χ0) is 14.4. The number of nitrogens with zero attached hydrogens (tertiary/aromatic N) is 3. The number of hydrogen-bond acceptors (Lipinski definition) is 5. The van der Waals surface area contributed by atoms with Crippen LogP contribution in [0.3, 0.4) is 0 Å². The van der Waals surface area contributed by atoms with E-state index in [1.807, 2.05) is 12.1 Å². The zero-order valence-corrected chi connectivity index (χ0v) is 11.4. The lowest BCUT2D eigenvalue weighted by atomic mass is 10.3. The van der Waals surface area contributed by atoms with Crippen molar-refractivity contribution in [2.45, 2.75) is 6.54 Å². The first-order valence-electron chi connectivity index (χ1n) is 6.04. The van der Waals surface area contributed by atoms with Crippen molar-refractivity contribution in [3.63, 3.8) is 0 Å². The van der Waals surface area contributed by atoms with E-state index >= 15 is 0 Å². The van der Waals surface area contributed by atoms with E-state index in [9.17, 15) is 4.79 Å². The Kier molecular flexibility index (Phi) is 4.54. The van der Waals surface area contributed by atoms with E-state index in [0.29, 0.717) is 23.9 Å². The molecule has 0 aliphatic rings. The van der Waals surface area contributed by atoms with Crippen LogP contribution >= 0.6 is 0 Å².